The Labute approximate surface area is 187 Å². The second-order valence-electron chi connectivity index (χ2n) is 6.54. The van der Waals surface area contributed by atoms with Crippen molar-refractivity contribution in [2.75, 3.05) is 11.9 Å². The summed E-state index contributed by atoms with van der Waals surface area (Å²) in [5, 5.41) is 2.81. The highest BCUT2D eigenvalue weighted by molar-refractivity contribution is 9.11. The molecule has 0 spiro atoms. The van der Waals surface area contributed by atoms with Gasteiger partial charge in [0, 0.05) is 21.9 Å². The van der Waals surface area contributed by atoms with Crippen molar-refractivity contribution in [2.24, 2.45) is 4.99 Å². The van der Waals surface area contributed by atoms with Gasteiger partial charge in [0.05, 0.1) is 10.2 Å². The number of anilines is 1. The average molecular weight is 516 g/mol. The standard InChI is InChI=1S/C23H20Br2N2O2/c1-15-8-9-20(10-16(15)2)26-13-17-11-18(24)12-21(25)23(17)29-14-22(28)27-19-6-4-3-5-7-19/h3-13H,14H2,1-2H3,(H,27,28). The van der Waals surface area contributed by atoms with Crippen LogP contribution in [0.5, 0.6) is 5.75 Å². The van der Waals surface area contributed by atoms with Gasteiger partial charge in [-0.3, -0.25) is 9.79 Å². The van der Waals surface area contributed by atoms with Gasteiger partial charge in [0.1, 0.15) is 5.75 Å². The van der Waals surface area contributed by atoms with Gasteiger partial charge in [-0.15, -0.1) is 0 Å². The van der Waals surface area contributed by atoms with Crippen molar-refractivity contribution in [3.8, 4) is 5.75 Å². The second-order valence-corrected chi connectivity index (χ2v) is 8.31. The Kier molecular flexibility index (Phi) is 7.23. The zero-order valence-electron chi connectivity index (χ0n) is 16.1. The molecular formula is C23H20Br2N2O2. The van der Waals surface area contributed by atoms with E-state index in [1.54, 1.807) is 6.21 Å². The molecule has 3 aromatic rings. The molecule has 0 aromatic heterocycles. The molecule has 0 radical (unpaired) electrons. The van der Waals surface area contributed by atoms with Crippen LogP contribution in [-0.2, 0) is 4.79 Å². The number of halogens is 2. The lowest BCUT2D eigenvalue weighted by molar-refractivity contribution is -0.118. The Balaban J connectivity index is 1.77. The first-order valence-electron chi connectivity index (χ1n) is 9.00. The summed E-state index contributed by atoms with van der Waals surface area (Å²) in [4.78, 5) is 16.8. The lowest BCUT2D eigenvalue weighted by Gasteiger charge is -2.12. The summed E-state index contributed by atoms with van der Waals surface area (Å²) in [6, 6.07) is 19.1. The minimum absolute atomic E-state index is 0.112. The number of rotatable bonds is 6. The number of aliphatic imine (C=N–C) groups is 1. The van der Waals surface area contributed by atoms with Crippen LogP contribution in [0.3, 0.4) is 0 Å². The van der Waals surface area contributed by atoms with Gasteiger partial charge in [-0.25, -0.2) is 0 Å². The topological polar surface area (TPSA) is 50.7 Å². The van der Waals surface area contributed by atoms with Crippen LogP contribution < -0.4 is 10.1 Å². The molecule has 0 aliphatic carbocycles. The van der Waals surface area contributed by atoms with Crippen LogP contribution in [0, 0.1) is 13.8 Å². The fourth-order valence-electron chi connectivity index (χ4n) is 2.63. The number of aryl methyl sites for hydroxylation is 2. The van der Waals surface area contributed by atoms with Crippen LogP contribution >= 0.6 is 31.9 Å². The number of amides is 1. The van der Waals surface area contributed by atoms with Crippen molar-refractivity contribution in [3.05, 3.63) is 86.3 Å². The molecule has 0 aliphatic heterocycles. The number of carbonyl (C=O) groups is 1. The van der Waals surface area contributed by atoms with Gasteiger partial charge in [0.2, 0.25) is 0 Å². The molecule has 1 amide bonds. The normalized spacial score (nSPS) is 10.9. The number of hydrogen-bond acceptors (Lipinski definition) is 3. The summed E-state index contributed by atoms with van der Waals surface area (Å²) in [5.74, 6) is 0.326. The number of nitrogens with one attached hydrogen (secondary N) is 1. The molecule has 0 heterocycles. The number of nitrogens with zero attached hydrogens (tertiary/aromatic N) is 1. The SMILES string of the molecule is Cc1ccc(N=Cc2cc(Br)cc(Br)c2OCC(=O)Nc2ccccc2)cc1C. The summed E-state index contributed by atoms with van der Waals surface area (Å²) in [7, 11) is 0. The zero-order valence-corrected chi connectivity index (χ0v) is 19.2. The van der Waals surface area contributed by atoms with Gasteiger partial charge < -0.3 is 10.1 Å². The van der Waals surface area contributed by atoms with Crippen LogP contribution in [0.4, 0.5) is 11.4 Å². The largest absolute Gasteiger partial charge is 0.482 e. The number of hydrogen-bond donors (Lipinski definition) is 1. The molecule has 1 N–H and O–H groups in total. The highest BCUT2D eigenvalue weighted by atomic mass is 79.9. The van der Waals surface area contributed by atoms with E-state index in [4.69, 9.17) is 4.74 Å². The highest BCUT2D eigenvalue weighted by Gasteiger charge is 2.12. The third-order valence-corrected chi connectivity index (χ3v) is 5.33. The van der Waals surface area contributed by atoms with Crippen molar-refractivity contribution in [1.82, 2.24) is 0 Å². The van der Waals surface area contributed by atoms with Gasteiger partial charge in [0.25, 0.3) is 5.91 Å². The summed E-state index contributed by atoms with van der Waals surface area (Å²) in [6.07, 6.45) is 1.74. The lowest BCUT2D eigenvalue weighted by atomic mass is 10.1. The smallest absolute Gasteiger partial charge is 0.262 e. The zero-order chi connectivity index (χ0) is 20.8. The molecule has 0 unspecified atom stereocenters. The number of carbonyl (C=O) groups excluding carboxylic acids is 1. The molecule has 6 heteroatoms. The number of para-hydroxylation sites is 1. The van der Waals surface area contributed by atoms with E-state index in [1.165, 1.54) is 11.1 Å². The summed E-state index contributed by atoms with van der Waals surface area (Å²) in [5.41, 5.74) is 4.76. The van der Waals surface area contributed by atoms with Crippen LogP contribution in [0.1, 0.15) is 16.7 Å². The Morgan fingerprint density at radius 3 is 2.52 bits per heavy atom. The Morgan fingerprint density at radius 1 is 1.03 bits per heavy atom. The maximum absolute atomic E-state index is 12.2. The second kappa shape index (κ2) is 9.85. The molecule has 0 bridgehead atoms. The molecule has 0 atom stereocenters. The lowest BCUT2D eigenvalue weighted by Crippen LogP contribution is -2.20. The minimum Gasteiger partial charge on any atom is -0.482 e. The van der Waals surface area contributed by atoms with Crippen LogP contribution in [0.25, 0.3) is 0 Å². The van der Waals surface area contributed by atoms with Gasteiger partial charge in [-0.05, 0) is 77.3 Å². The van der Waals surface area contributed by atoms with Crippen molar-refractivity contribution in [2.45, 2.75) is 13.8 Å². The summed E-state index contributed by atoms with van der Waals surface area (Å²) in [6.45, 7) is 4.02. The summed E-state index contributed by atoms with van der Waals surface area (Å²) >= 11 is 7.01. The van der Waals surface area contributed by atoms with Crippen LogP contribution in [0.2, 0.25) is 0 Å². The number of benzene rings is 3. The van der Waals surface area contributed by atoms with E-state index in [0.29, 0.717) is 5.75 Å². The maximum Gasteiger partial charge on any atom is 0.262 e. The van der Waals surface area contributed by atoms with Gasteiger partial charge in [0.15, 0.2) is 6.61 Å². The predicted octanol–water partition coefficient (Wildman–Crippen LogP) is 6.60. The molecule has 3 rings (SSSR count). The molecule has 0 saturated heterocycles. The first-order valence-corrected chi connectivity index (χ1v) is 10.6. The molecule has 4 nitrogen and oxygen atoms in total. The van der Waals surface area contributed by atoms with E-state index < -0.39 is 0 Å². The first-order chi connectivity index (χ1) is 13.9. The van der Waals surface area contributed by atoms with E-state index in [0.717, 1.165) is 25.9 Å². The van der Waals surface area contributed by atoms with Gasteiger partial charge in [-0.1, -0.05) is 40.2 Å². The average Bonchev–Trinajstić information content (AvgIpc) is 2.68. The number of ether oxygens (including phenoxy) is 1. The van der Waals surface area contributed by atoms with E-state index in [1.807, 2.05) is 60.7 Å². The highest BCUT2D eigenvalue weighted by Crippen LogP contribution is 2.32. The Bertz CT molecular complexity index is 1050. The van der Waals surface area contributed by atoms with Crippen molar-refractivity contribution in [3.63, 3.8) is 0 Å². The van der Waals surface area contributed by atoms with E-state index in [9.17, 15) is 4.79 Å². The minimum atomic E-state index is -0.233. The Morgan fingerprint density at radius 2 is 1.79 bits per heavy atom. The third-order valence-electron chi connectivity index (χ3n) is 4.29. The van der Waals surface area contributed by atoms with Gasteiger partial charge >= 0.3 is 0 Å². The van der Waals surface area contributed by atoms with E-state index in [2.05, 4.69) is 56.0 Å². The monoisotopic (exact) mass is 514 g/mol. The van der Waals surface area contributed by atoms with Crippen molar-refractivity contribution < 1.29 is 9.53 Å². The predicted molar refractivity (Wildman–Crippen MR) is 126 cm³/mol. The van der Waals surface area contributed by atoms with Crippen LogP contribution in [-0.4, -0.2) is 18.7 Å². The fraction of sp³-hybridized carbons (Fsp3) is 0.130. The van der Waals surface area contributed by atoms with Crippen molar-refractivity contribution >= 4 is 55.4 Å². The molecular weight excluding hydrogens is 496 g/mol. The molecule has 0 fully saturated rings. The molecule has 0 aliphatic rings. The van der Waals surface area contributed by atoms with Crippen molar-refractivity contribution in [1.29, 1.82) is 0 Å². The van der Waals surface area contributed by atoms with E-state index in [-0.39, 0.29) is 12.5 Å². The van der Waals surface area contributed by atoms with Crippen LogP contribution in [0.15, 0.2) is 74.6 Å². The molecule has 0 saturated carbocycles. The summed E-state index contributed by atoms with van der Waals surface area (Å²) < 4.78 is 7.44. The van der Waals surface area contributed by atoms with Gasteiger partial charge in [-0.2, -0.15) is 0 Å². The van der Waals surface area contributed by atoms with E-state index >= 15 is 0 Å². The molecule has 3 aromatic carbocycles. The third kappa shape index (κ3) is 6.02. The molecule has 29 heavy (non-hydrogen) atoms. The maximum atomic E-state index is 12.2. The fourth-order valence-corrected chi connectivity index (χ4v) is 4.01. The Hall–Kier alpha value is -2.44. The molecule has 148 valence electrons. The first kappa shape index (κ1) is 21.3. The quantitative estimate of drug-likeness (QED) is 0.376.